The molecule has 2 aromatic carbocycles. The number of ketones is 1. The summed E-state index contributed by atoms with van der Waals surface area (Å²) in [6.45, 7) is 2.41. The van der Waals surface area contributed by atoms with E-state index in [1.54, 1.807) is 24.3 Å². The Labute approximate surface area is 154 Å². The molecule has 1 N–H and O–H groups in total. The summed E-state index contributed by atoms with van der Waals surface area (Å²) in [5.74, 6) is -0.437. The van der Waals surface area contributed by atoms with Crippen molar-refractivity contribution in [3.8, 4) is 4.97 Å². The summed E-state index contributed by atoms with van der Waals surface area (Å²) in [6, 6.07) is 16.3. The van der Waals surface area contributed by atoms with E-state index in [1.807, 2.05) is 37.3 Å². The number of carbonyl (C=O) groups is 2. The maximum atomic E-state index is 12.5. The fraction of sp³-hybridized carbons (Fsp3) is 0.250. The van der Waals surface area contributed by atoms with Crippen molar-refractivity contribution < 1.29 is 9.59 Å². The van der Waals surface area contributed by atoms with E-state index in [0.717, 1.165) is 17.3 Å². The van der Waals surface area contributed by atoms with Gasteiger partial charge >= 0.3 is 136 Å². The quantitative estimate of drug-likeness (QED) is 0.421. The monoisotopic (exact) mass is 400 g/mol. The van der Waals surface area contributed by atoms with E-state index >= 15 is 0 Å². The number of hydrogen-bond donors (Lipinski definition) is 1. The second-order valence-corrected chi connectivity index (χ2v) is 7.47. The van der Waals surface area contributed by atoms with E-state index in [-0.39, 0.29) is 32.6 Å². The molecule has 0 radical (unpaired) electrons. The van der Waals surface area contributed by atoms with E-state index in [2.05, 4.69) is 10.3 Å². The van der Waals surface area contributed by atoms with Crippen LogP contribution in [0.25, 0.3) is 0 Å². The van der Waals surface area contributed by atoms with Gasteiger partial charge in [-0.3, -0.25) is 0 Å². The summed E-state index contributed by atoms with van der Waals surface area (Å²) >= 11 is 0.00246. The molecule has 0 aliphatic heterocycles. The predicted molar refractivity (Wildman–Crippen MR) is 98.5 cm³/mol. The summed E-state index contributed by atoms with van der Waals surface area (Å²) in [7, 11) is 0. The zero-order chi connectivity index (χ0) is 18.1. The van der Waals surface area contributed by atoms with Crippen LogP contribution in [0.2, 0.25) is 5.32 Å². The van der Waals surface area contributed by atoms with Crippen molar-refractivity contribution in [2.45, 2.75) is 24.6 Å². The molecule has 128 valence electrons. The average Bonchev–Trinajstić information content (AvgIpc) is 2.67. The first kappa shape index (κ1) is 18.9. The number of hydrogen-bond acceptors (Lipinski definition) is 3. The van der Waals surface area contributed by atoms with Gasteiger partial charge in [0.1, 0.15) is 0 Å². The van der Waals surface area contributed by atoms with E-state index in [4.69, 9.17) is 5.26 Å². The molecule has 2 aromatic rings. The van der Waals surface area contributed by atoms with Gasteiger partial charge in [-0.25, -0.2) is 0 Å². The van der Waals surface area contributed by atoms with Crippen LogP contribution < -0.4 is 5.32 Å². The van der Waals surface area contributed by atoms with Crippen molar-refractivity contribution in [2.75, 3.05) is 6.54 Å². The summed E-state index contributed by atoms with van der Waals surface area (Å²) in [5, 5.41) is 12.3. The second-order valence-electron chi connectivity index (χ2n) is 5.63. The van der Waals surface area contributed by atoms with Crippen LogP contribution >= 0.6 is 0 Å². The summed E-state index contributed by atoms with van der Waals surface area (Å²) in [6.07, 6.45) is 0.818. The predicted octanol–water partition coefficient (Wildman–Crippen LogP) is 3.13. The van der Waals surface area contributed by atoms with Gasteiger partial charge in [-0.1, -0.05) is 18.2 Å². The molecular weight excluding hydrogens is 379 g/mol. The van der Waals surface area contributed by atoms with Crippen LogP contribution in [0.15, 0.2) is 54.6 Å². The SMILES string of the molecule is C[C@H](C(=O)NCCC[Se]C#N)c1cccc(C(=O)c2ccccc2)c1. The first-order valence-electron chi connectivity index (χ1n) is 8.11. The molecule has 25 heavy (non-hydrogen) atoms. The van der Waals surface area contributed by atoms with Gasteiger partial charge in [-0.05, 0) is 0 Å². The molecule has 0 heterocycles. The Morgan fingerprint density at radius 1 is 1.12 bits per heavy atom. The van der Waals surface area contributed by atoms with Crippen molar-refractivity contribution in [1.29, 1.82) is 5.26 Å². The third kappa shape index (κ3) is 5.56. The number of amides is 1. The van der Waals surface area contributed by atoms with E-state index in [9.17, 15) is 9.59 Å². The molecule has 4 nitrogen and oxygen atoms in total. The third-order valence-electron chi connectivity index (χ3n) is 3.87. The van der Waals surface area contributed by atoms with Gasteiger partial charge in [-0.15, -0.1) is 0 Å². The van der Waals surface area contributed by atoms with Crippen molar-refractivity contribution in [3.63, 3.8) is 0 Å². The van der Waals surface area contributed by atoms with Gasteiger partial charge in [-0.2, -0.15) is 0 Å². The minimum absolute atomic E-state index is 0.00246. The number of nitriles is 1. The number of nitrogens with zero attached hydrogens (tertiary/aromatic N) is 1. The van der Waals surface area contributed by atoms with E-state index < -0.39 is 0 Å². The Bertz CT molecular complexity index is 769. The van der Waals surface area contributed by atoms with Gasteiger partial charge in [0.15, 0.2) is 0 Å². The summed E-state index contributed by atoms with van der Waals surface area (Å²) < 4.78 is 0. The maximum absolute atomic E-state index is 12.5. The van der Waals surface area contributed by atoms with E-state index in [1.165, 1.54) is 0 Å². The van der Waals surface area contributed by atoms with Crippen LogP contribution in [0.3, 0.4) is 0 Å². The van der Waals surface area contributed by atoms with Gasteiger partial charge in [0.2, 0.25) is 0 Å². The van der Waals surface area contributed by atoms with Gasteiger partial charge in [0, 0.05) is 0 Å². The zero-order valence-electron chi connectivity index (χ0n) is 14.1. The van der Waals surface area contributed by atoms with Crippen molar-refractivity contribution in [1.82, 2.24) is 5.32 Å². The summed E-state index contributed by atoms with van der Waals surface area (Å²) in [5.41, 5.74) is 2.04. The Kier molecular flexibility index (Phi) is 7.40. The molecule has 1 amide bonds. The fourth-order valence-electron chi connectivity index (χ4n) is 2.41. The minimum atomic E-state index is -0.329. The Balaban J connectivity index is 2.01. The van der Waals surface area contributed by atoms with Crippen LogP contribution in [-0.2, 0) is 4.79 Å². The van der Waals surface area contributed by atoms with Gasteiger partial charge in [0.05, 0.1) is 0 Å². The molecule has 0 bridgehead atoms. The first-order valence-corrected chi connectivity index (χ1v) is 10.2. The average molecular weight is 399 g/mol. The molecule has 0 aromatic heterocycles. The molecular formula is C20H20N2O2Se. The molecule has 1 atom stereocenters. The fourth-order valence-corrected chi connectivity index (χ4v) is 3.21. The Morgan fingerprint density at radius 2 is 1.84 bits per heavy atom. The molecule has 5 heteroatoms. The Morgan fingerprint density at radius 3 is 2.56 bits per heavy atom. The van der Waals surface area contributed by atoms with Crippen LogP contribution in [0.1, 0.15) is 40.7 Å². The van der Waals surface area contributed by atoms with Crippen molar-refractivity contribution in [2.24, 2.45) is 0 Å². The third-order valence-corrected chi connectivity index (χ3v) is 5.17. The molecule has 2 rings (SSSR count). The van der Waals surface area contributed by atoms with Crippen LogP contribution in [-0.4, -0.2) is 33.2 Å². The normalized spacial score (nSPS) is 11.4. The second kappa shape index (κ2) is 9.78. The molecule has 0 fully saturated rings. The molecule has 0 spiro atoms. The number of rotatable bonds is 8. The topological polar surface area (TPSA) is 70.0 Å². The van der Waals surface area contributed by atoms with E-state index in [0.29, 0.717) is 17.7 Å². The Hall–Kier alpha value is -2.41. The van der Waals surface area contributed by atoms with Gasteiger partial charge in [0.25, 0.3) is 0 Å². The zero-order valence-corrected chi connectivity index (χ0v) is 15.8. The standard InChI is InChI=1S/C20H20N2O2Se/c1-15(20(24)22-11-6-12-25-14-21)17-9-5-10-18(13-17)19(23)16-7-3-2-4-8-16/h2-5,7-10,13,15H,6,11-12H2,1H3,(H,22,24)/t15-/m0/s1. The number of carbonyl (C=O) groups excluding carboxylic acids is 2. The summed E-state index contributed by atoms with van der Waals surface area (Å²) in [4.78, 5) is 27.0. The molecule has 0 unspecified atom stereocenters. The molecule has 0 aliphatic rings. The molecule has 0 saturated heterocycles. The van der Waals surface area contributed by atoms with Crippen molar-refractivity contribution >= 4 is 26.6 Å². The van der Waals surface area contributed by atoms with Crippen LogP contribution in [0, 0.1) is 10.2 Å². The van der Waals surface area contributed by atoms with Crippen LogP contribution in [0.4, 0.5) is 0 Å². The molecule has 0 saturated carbocycles. The number of benzene rings is 2. The first-order chi connectivity index (χ1) is 12.1. The van der Waals surface area contributed by atoms with Gasteiger partial charge < -0.3 is 0 Å². The molecule has 0 aliphatic carbocycles. The van der Waals surface area contributed by atoms with Crippen molar-refractivity contribution in [3.05, 3.63) is 71.3 Å². The number of nitrogens with one attached hydrogen (secondary N) is 1. The van der Waals surface area contributed by atoms with Crippen LogP contribution in [0.5, 0.6) is 0 Å².